The SMILES string of the molecule is Cc1nc(-c2ccc(NC(=O)CN3C(=O)c4ccccc4C3=O)cc2)cs1. The van der Waals surface area contributed by atoms with Crippen LogP contribution < -0.4 is 5.32 Å². The van der Waals surface area contributed by atoms with Gasteiger partial charge in [0, 0.05) is 16.6 Å². The lowest BCUT2D eigenvalue weighted by atomic mass is 10.1. The van der Waals surface area contributed by atoms with Crippen LogP contribution in [0.15, 0.2) is 53.9 Å². The molecule has 1 aliphatic heterocycles. The molecule has 27 heavy (non-hydrogen) atoms. The van der Waals surface area contributed by atoms with Crippen molar-refractivity contribution in [3.63, 3.8) is 0 Å². The van der Waals surface area contributed by atoms with Gasteiger partial charge in [0.25, 0.3) is 11.8 Å². The first-order valence-corrected chi connectivity index (χ1v) is 9.18. The van der Waals surface area contributed by atoms with Crippen LogP contribution in [-0.4, -0.2) is 34.2 Å². The van der Waals surface area contributed by atoms with Gasteiger partial charge in [0.1, 0.15) is 6.54 Å². The zero-order chi connectivity index (χ0) is 19.0. The molecule has 1 aliphatic rings. The van der Waals surface area contributed by atoms with Crippen LogP contribution in [0.5, 0.6) is 0 Å². The van der Waals surface area contributed by atoms with Crippen molar-refractivity contribution in [2.45, 2.75) is 6.92 Å². The fourth-order valence-electron chi connectivity index (χ4n) is 2.95. The van der Waals surface area contributed by atoms with E-state index in [-0.39, 0.29) is 6.54 Å². The van der Waals surface area contributed by atoms with E-state index in [2.05, 4.69) is 10.3 Å². The molecule has 0 radical (unpaired) electrons. The van der Waals surface area contributed by atoms with E-state index in [0.29, 0.717) is 16.8 Å². The van der Waals surface area contributed by atoms with Crippen molar-refractivity contribution < 1.29 is 14.4 Å². The number of fused-ring (bicyclic) bond motifs is 1. The summed E-state index contributed by atoms with van der Waals surface area (Å²) in [6.07, 6.45) is 0. The van der Waals surface area contributed by atoms with Crippen LogP contribution in [0, 0.1) is 6.92 Å². The quantitative estimate of drug-likeness (QED) is 0.707. The molecule has 0 spiro atoms. The van der Waals surface area contributed by atoms with Crippen molar-refractivity contribution >= 4 is 34.7 Å². The molecule has 1 aromatic heterocycles. The Balaban J connectivity index is 1.43. The van der Waals surface area contributed by atoms with Gasteiger partial charge in [-0.25, -0.2) is 4.98 Å². The van der Waals surface area contributed by atoms with Gasteiger partial charge < -0.3 is 5.32 Å². The Kier molecular flexibility index (Phi) is 4.29. The second kappa shape index (κ2) is 6.77. The summed E-state index contributed by atoms with van der Waals surface area (Å²) in [5.41, 5.74) is 3.10. The van der Waals surface area contributed by atoms with Gasteiger partial charge in [-0.2, -0.15) is 0 Å². The summed E-state index contributed by atoms with van der Waals surface area (Å²) >= 11 is 1.58. The summed E-state index contributed by atoms with van der Waals surface area (Å²) in [4.78, 5) is 42.3. The topological polar surface area (TPSA) is 79.4 Å². The smallest absolute Gasteiger partial charge is 0.262 e. The van der Waals surface area contributed by atoms with Crippen LogP contribution in [0.1, 0.15) is 25.7 Å². The summed E-state index contributed by atoms with van der Waals surface area (Å²) in [7, 11) is 0. The number of amides is 3. The number of thiazole rings is 1. The molecule has 0 saturated carbocycles. The molecular formula is C20H15N3O3S. The normalized spacial score (nSPS) is 13.0. The molecule has 0 atom stereocenters. The van der Waals surface area contributed by atoms with E-state index in [1.165, 1.54) is 0 Å². The zero-order valence-corrected chi connectivity index (χ0v) is 15.2. The zero-order valence-electron chi connectivity index (χ0n) is 14.4. The molecule has 0 unspecified atom stereocenters. The third kappa shape index (κ3) is 3.24. The van der Waals surface area contributed by atoms with E-state index < -0.39 is 17.7 Å². The Morgan fingerprint density at radius 2 is 1.67 bits per heavy atom. The maximum Gasteiger partial charge on any atom is 0.262 e. The average molecular weight is 377 g/mol. The minimum Gasteiger partial charge on any atom is -0.325 e. The van der Waals surface area contributed by atoms with E-state index in [4.69, 9.17) is 0 Å². The van der Waals surface area contributed by atoms with Crippen LogP contribution in [-0.2, 0) is 4.79 Å². The van der Waals surface area contributed by atoms with Crippen LogP contribution in [0.25, 0.3) is 11.3 Å². The van der Waals surface area contributed by atoms with E-state index in [1.807, 2.05) is 24.4 Å². The predicted molar refractivity (Wildman–Crippen MR) is 103 cm³/mol. The van der Waals surface area contributed by atoms with Crippen molar-refractivity contribution in [2.24, 2.45) is 0 Å². The number of anilines is 1. The third-order valence-corrected chi connectivity index (χ3v) is 5.04. The average Bonchev–Trinajstić information content (AvgIpc) is 3.20. The highest BCUT2D eigenvalue weighted by molar-refractivity contribution is 7.09. The van der Waals surface area contributed by atoms with Crippen LogP contribution in [0.3, 0.4) is 0 Å². The van der Waals surface area contributed by atoms with E-state index in [9.17, 15) is 14.4 Å². The van der Waals surface area contributed by atoms with Crippen molar-refractivity contribution in [1.82, 2.24) is 9.88 Å². The molecule has 0 bridgehead atoms. The van der Waals surface area contributed by atoms with Gasteiger partial charge in [-0.05, 0) is 31.2 Å². The Hall–Kier alpha value is -3.32. The van der Waals surface area contributed by atoms with Crippen LogP contribution in [0.2, 0.25) is 0 Å². The Morgan fingerprint density at radius 3 is 2.22 bits per heavy atom. The molecular weight excluding hydrogens is 362 g/mol. The number of aromatic nitrogens is 1. The molecule has 3 amide bonds. The number of aryl methyl sites for hydroxylation is 1. The van der Waals surface area contributed by atoms with E-state index >= 15 is 0 Å². The lowest BCUT2D eigenvalue weighted by Crippen LogP contribution is -2.37. The second-order valence-corrected chi connectivity index (χ2v) is 7.18. The third-order valence-electron chi connectivity index (χ3n) is 4.26. The molecule has 1 N–H and O–H groups in total. The largest absolute Gasteiger partial charge is 0.325 e. The van der Waals surface area contributed by atoms with E-state index in [0.717, 1.165) is 21.2 Å². The van der Waals surface area contributed by atoms with Gasteiger partial charge in [-0.15, -0.1) is 11.3 Å². The van der Waals surface area contributed by atoms with Crippen molar-refractivity contribution in [2.75, 3.05) is 11.9 Å². The molecule has 0 aliphatic carbocycles. The van der Waals surface area contributed by atoms with Gasteiger partial charge in [-0.3, -0.25) is 19.3 Å². The van der Waals surface area contributed by atoms with Crippen LogP contribution >= 0.6 is 11.3 Å². The first kappa shape index (κ1) is 17.1. The Labute approximate surface area is 159 Å². The number of hydrogen-bond acceptors (Lipinski definition) is 5. The lowest BCUT2D eigenvalue weighted by Gasteiger charge is -2.13. The number of hydrogen-bond donors (Lipinski definition) is 1. The number of nitrogens with one attached hydrogen (secondary N) is 1. The summed E-state index contributed by atoms with van der Waals surface area (Å²) < 4.78 is 0. The molecule has 2 aromatic carbocycles. The number of rotatable bonds is 4. The maximum absolute atomic E-state index is 12.3. The highest BCUT2D eigenvalue weighted by Crippen LogP contribution is 2.24. The molecule has 0 fully saturated rings. The maximum atomic E-state index is 12.3. The first-order valence-electron chi connectivity index (χ1n) is 8.30. The number of carbonyl (C=O) groups excluding carboxylic acids is 3. The van der Waals surface area contributed by atoms with Gasteiger partial charge in [0.15, 0.2) is 0 Å². The molecule has 134 valence electrons. The first-order chi connectivity index (χ1) is 13.0. The Morgan fingerprint density at radius 1 is 1.04 bits per heavy atom. The summed E-state index contributed by atoms with van der Waals surface area (Å²) in [5.74, 6) is -1.32. The second-order valence-electron chi connectivity index (χ2n) is 6.12. The molecule has 0 saturated heterocycles. The summed E-state index contributed by atoms with van der Waals surface area (Å²) in [6.45, 7) is 1.63. The van der Waals surface area contributed by atoms with Crippen molar-refractivity contribution in [1.29, 1.82) is 0 Å². The van der Waals surface area contributed by atoms with Gasteiger partial charge >= 0.3 is 0 Å². The van der Waals surface area contributed by atoms with E-state index in [1.54, 1.807) is 47.7 Å². The molecule has 3 aromatic rings. The molecule has 2 heterocycles. The molecule has 4 rings (SSSR count). The van der Waals surface area contributed by atoms with Gasteiger partial charge in [-0.1, -0.05) is 24.3 Å². The number of carbonyl (C=O) groups is 3. The number of benzene rings is 2. The van der Waals surface area contributed by atoms with Gasteiger partial charge in [0.2, 0.25) is 5.91 Å². The van der Waals surface area contributed by atoms with Crippen LogP contribution in [0.4, 0.5) is 5.69 Å². The molecule has 6 nitrogen and oxygen atoms in total. The minimum atomic E-state index is -0.444. The molecule has 7 heteroatoms. The Bertz CT molecular complexity index is 1020. The minimum absolute atomic E-state index is 0.320. The monoisotopic (exact) mass is 377 g/mol. The van der Waals surface area contributed by atoms with Gasteiger partial charge in [0.05, 0.1) is 21.8 Å². The fraction of sp³-hybridized carbons (Fsp3) is 0.100. The predicted octanol–water partition coefficient (Wildman–Crippen LogP) is 3.35. The number of imide groups is 1. The fourth-order valence-corrected chi connectivity index (χ4v) is 3.57. The number of nitrogens with zero attached hydrogens (tertiary/aromatic N) is 2. The van der Waals surface area contributed by atoms with Crippen molar-refractivity contribution in [3.8, 4) is 11.3 Å². The highest BCUT2D eigenvalue weighted by atomic mass is 32.1. The van der Waals surface area contributed by atoms with Crippen molar-refractivity contribution in [3.05, 3.63) is 70.0 Å². The highest BCUT2D eigenvalue weighted by Gasteiger charge is 2.36. The summed E-state index contributed by atoms with van der Waals surface area (Å²) in [5, 5.41) is 5.68. The summed E-state index contributed by atoms with van der Waals surface area (Å²) in [6, 6.07) is 13.8. The standard InChI is InChI=1S/C20H15N3O3S/c1-12-21-17(11-27-12)13-6-8-14(9-7-13)22-18(24)10-23-19(25)15-4-2-3-5-16(15)20(23)26/h2-9,11H,10H2,1H3,(H,22,24). The lowest BCUT2D eigenvalue weighted by molar-refractivity contribution is -0.116.